The Labute approximate surface area is 85.5 Å². The van der Waals surface area contributed by atoms with E-state index in [1.807, 2.05) is 31.3 Å². The summed E-state index contributed by atoms with van der Waals surface area (Å²) in [5, 5.41) is 3.02. The lowest BCUT2D eigenvalue weighted by Gasteiger charge is -2.03. The van der Waals surface area contributed by atoms with Crippen molar-refractivity contribution >= 4 is 26.4 Å². The maximum atomic E-state index is 11.1. The van der Waals surface area contributed by atoms with Crippen molar-refractivity contribution in [1.29, 1.82) is 0 Å². The van der Waals surface area contributed by atoms with E-state index < -0.39 is 0 Å². The molecule has 0 radical (unpaired) electrons. The molecule has 0 unspecified atom stereocenters. The highest BCUT2D eigenvalue weighted by Crippen LogP contribution is 2.12. The Morgan fingerprint density at radius 3 is 2.75 bits per heavy atom. The minimum Gasteiger partial charge on any atom is -0.316 e. The highest BCUT2D eigenvalue weighted by molar-refractivity contribution is 14.1. The topological polar surface area (TPSA) is 29.1 Å². The van der Waals surface area contributed by atoms with Gasteiger partial charge in [-0.25, -0.2) is 0 Å². The van der Waals surface area contributed by atoms with Crippen LogP contribution in [-0.4, -0.2) is 10.8 Å². The summed E-state index contributed by atoms with van der Waals surface area (Å²) in [4.78, 5) is 11.1. The Balaban J connectivity index is 3.00. The summed E-state index contributed by atoms with van der Waals surface area (Å²) in [7, 11) is 1.87. The fourth-order valence-corrected chi connectivity index (χ4v) is 1.58. The zero-order chi connectivity index (χ0) is 8.97. The third-order valence-corrected chi connectivity index (χ3v) is 2.18. The second kappa shape index (κ2) is 4.57. The van der Waals surface area contributed by atoms with Crippen LogP contribution in [0.1, 0.15) is 15.9 Å². The molecule has 1 aromatic rings. The van der Waals surface area contributed by atoms with Gasteiger partial charge in [-0.15, -0.1) is 0 Å². The van der Waals surface area contributed by atoms with Crippen molar-refractivity contribution in [3.8, 4) is 0 Å². The van der Waals surface area contributed by atoms with E-state index in [1.54, 1.807) is 22.6 Å². The number of hydrogen-bond acceptors (Lipinski definition) is 2. The third-order valence-electron chi connectivity index (χ3n) is 1.60. The molecule has 1 N–H and O–H groups in total. The van der Waals surface area contributed by atoms with Gasteiger partial charge < -0.3 is 5.32 Å². The number of hydrogen-bond donors (Lipinski definition) is 1. The number of carbonyl (C=O) groups excluding carboxylic acids is 1. The molecule has 0 aliphatic carbocycles. The Morgan fingerprint density at radius 2 is 2.17 bits per heavy atom. The molecule has 0 fully saturated rings. The molecular formula is C9H10INO. The summed E-state index contributed by atoms with van der Waals surface area (Å²) < 4.78 is 0.0958. The van der Waals surface area contributed by atoms with Crippen LogP contribution < -0.4 is 5.32 Å². The predicted octanol–water partition coefficient (Wildman–Crippen LogP) is 1.98. The minimum absolute atomic E-state index is 0.0958. The van der Waals surface area contributed by atoms with Gasteiger partial charge in [0, 0.05) is 34.7 Å². The van der Waals surface area contributed by atoms with Gasteiger partial charge in [-0.05, 0) is 12.6 Å². The Morgan fingerprint density at radius 1 is 1.50 bits per heavy atom. The van der Waals surface area contributed by atoms with Crippen molar-refractivity contribution in [2.75, 3.05) is 7.05 Å². The van der Waals surface area contributed by atoms with Crippen molar-refractivity contribution < 1.29 is 4.79 Å². The largest absolute Gasteiger partial charge is 0.316 e. The summed E-state index contributed by atoms with van der Waals surface area (Å²) in [6, 6.07) is 7.63. The average Bonchev–Trinajstić information content (AvgIpc) is 2.05. The van der Waals surface area contributed by atoms with Crippen LogP contribution in [0.2, 0.25) is 0 Å². The van der Waals surface area contributed by atoms with Crippen molar-refractivity contribution in [2.24, 2.45) is 0 Å². The van der Waals surface area contributed by atoms with Crippen LogP contribution >= 0.6 is 22.6 Å². The average molecular weight is 275 g/mol. The number of carbonyl (C=O) groups is 1. The van der Waals surface area contributed by atoms with Gasteiger partial charge in [-0.2, -0.15) is 0 Å². The predicted molar refractivity (Wildman–Crippen MR) is 57.6 cm³/mol. The van der Waals surface area contributed by atoms with Crippen LogP contribution in [0.3, 0.4) is 0 Å². The van der Waals surface area contributed by atoms with Crippen LogP contribution in [-0.2, 0) is 6.54 Å². The highest BCUT2D eigenvalue weighted by atomic mass is 127. The second-order valence-electron chi connectivity index (χ2n) is 2.46. The SMILES string of the molecule is CNCc1ccccc1C(=O)I. The lowest BCUT2D eigenvalue weighted by atomic mass is 10.1. The lowest BCUT2D eigenvalue weighted by molar-refractivity contribution is 0.110. The van der Waals surface area contributed by atoms with Gasteiger partial charge in [0.15, 0.2) is 0 Å². The summed E-state index contributed by atoms with van der Waals surface area (Å²) in [6.45, 7) is 0.741. The zero-order valence-corrected chi connectivity index (χ0v) is 8.96. The monoisotopic (exact) mass is 275 g/mol. The third kappa shape index (κ3) is 2.28. The first-order valence-electron chi connectivity index (χ1n) is 3.68. The number of benzene rings is 1. The minimum atomic E-state index is 0.0958. The van der Waals surface area contributed by atoms with E-state index in [1.165, 1.54) is 0 Å². The Hall–Kier alpha value is -0.420. The molecular weight excluding hydrogens is 265 g/mol. The number of halogens is 1. The molecule has 0 saturated carbocycles. The van der Waals surface area contributed by atoms with Gasteiger partial charge in [0.2, 0.25) is 3.79 Å². The van der Waals surface area contributed by atoms with E-state index in [0.29, 0.717) is 0 Å². The summed E-state index contributed by atoms with van der Waals surface area (Å²) in [6.07, 6.45) is 0. The standard InChI is InChI=1S/C9H10INO/c1-11-6-7-4-2-3-5-8(7)9(10)12/h2-5,11H,6H2,1H3. The molecule has 1 aromatic carbocycles. The van der Waals surface area contributed by atoms with Gasteiger partial charge in [-0.1, -0.05) is 24.3 Å². The van der Waals surface area contributed by atoms with E-state index in [2.05, 4.69) is 5.32 Å². The first-order valence-corrected chi connectivity index (χ1v) is 4.76. The molecule has 1 rings (SSSR count). The van der Waals surface area contributed by atoms with Crippen LogP contribution in [0.4, 0.5) is 0 Å². The molecule has 64 valence electrons. The van der Waals surface area contributed by atoms with Crippen LogP contribution in [0, 0.1) is 0 Å². The summed E-state index contributed by atoms with van der Waals surface area (Å²) in [5.74, 6) is 0. The second-order valence-corrected chi connectivity index (χ2v) is 3.44. The normalized spacial score (nSPS) is 9.83. The summed E-state index contributed by atoms with van der Waals surface area (Å²) >= 11 is 1.81. The molecule has 0 amide bonds. The quantitative estimate of drug-likeness (QED) is 0.675. The maximum absolute atomic E-state index is 11.1. The van der Waals surface area contributed by atoms with Gasteiger partial charge in [0.1, 0.15) is 0 Å². The van der Waals surface area contributed by atoms with Gasteiger partial charge in [-0.3, -0.25) is 4.79 Å². The molecule has 3 heteroatoms. The molecule has 0 aliphatic heterocycles. The fraction of sp³-hybridized carbons (Fsp3) is 0.222. The smallest absolute Gasteiger partial charge is 0.222 e. The van der Waals surface area contributed by atoms with Crippen LogP contribution in [0.15, 0.2) is 24.3 Å². The first kappa shape index (κ1) is 9.67. The highest BCUT2D eigenvalue weighted by Gasteiger charge is 2.05. The van der Waals surface area contributed by atoms with E-state index in [4.69, 9.17) is 0 Å². The lowest BCUT2D eigenvalue weighted by Crippen LogP contribution is -2.08. The van der Waals surface area contributed by atoms with Crippen molar-refractivity contribution in [3.05, 3.63) is 35.4 Å². The van der Waals surface area contributed by atoms with E-state index in [9.17, 15) is 4.79 Å². The Kier molecular flexibility index (Phi) is 3.68. The van der Waals surface area contributed by atoms with Gasteiger partial charge in [0.25, 0.3) is 0 Å². The van der Waals surface area contributed by atoms with Crippen molar-refractivity contribution in [2.45, 2.75) is 6.54 Å². The van der Waals surface area contributed by atoms with Crippen molar-refractivity contribution in [1.82, 2.24) is 5.32 Å². The molecule has 0 heterocycles. The molecule has 0 bridgehead atoms. The molecule has 0 spiro atoms. The van der Waals surface area contributed by atoms with E-state index in [-0.39, 0.29) is 3.79 Å². The van der Waals surface area contributed by atoms with Gasteiger partial charge >= 0.3 is 0 Å². The number of nitrogens with one attached hydrogen (secondary N) is 1. The maximum Gasteiger partial charge on any atom is 0.222 e. The molecule has 12 heavy (non-hydrogen) atoms. The molecule has 0 atom stereocenters. The molecule has 0 saturated heterocycles. The number of rotatable bonds is 3. The van der Waals surface area contributed by atoms with Crippen LogP contribution in [0.25, 0.3) is 0 Å². The van der Waals surface area contributed by atoms with Crippen molar-refractivity contribution in [3.63, 3.8) is 0 Å². The van der Waals surface area contributed by atoms with Crippen LogP contribution in [0.5, 0.6) is 0 Å². The zero-order valence-electron chi connectivity index (χ0n) is 6.80. The molecule has 0 aliphatic rings. The summed E-state index contributed by atoms with van der Waals surface area (Å²) in [5.41, 5.74) is 1.85. The van der Waals surface area contributed by atoms with Gasteiger partial charge in [0.05, 0.1) is 0 Å². The molecule has 2 nitrogen and oxygen atoms in total. The van der Waals surface area contributed by atoms with E-state index >= 15 is 0 Å². The first-order chi connectivity index (χ1) is 5.75. The van der Waals surface area contributed by atoms with E-state index in [0.717, 1.165) is 17.7 Å². The fourth-order valence-electron chi connectivity index (χ4n) is 1.06. The Bertz CT molecular complexity index is 286. The molecule has 0 aromatic heterocycles.